The van der Waals surface area contributed by atoms with Crippen LogP contribution in [0.15, 0.2) is 30.3 Å². The fraction of sp³-hybridized carbons (Fsp3) is 0.562. The minimum Gasteiger partial charge on any atom is -0.349 e. The lowest BCUT2D eigenvalue weighted by molar-refractivity contribution is -0.124. The lowest BCUT2D eigenvalue weighted by Gasteiger charge is -2.33. The smallest absolute Gasteiger partial charge is 0.228 e. The summed E-state index contributed by atoms with van der Waals surface area (Å²) in [5.41, 5.74) is 6.65. The minimum absolute atomic E-state index is 0. The number of benzene rings is 1. The van der Waals surface area contributed by atoms with E-state index < -0.39 is 0 Å². The number of nitrogens with one attached hydrogen (secondary N) is 1. The van der Waals surface area contributed by atoms with Gasteiger partial charge in [-0.1, -0.05) is 51.1 Å². The van der Waals surface area contributed by atoms with E-state index in [4.69, 9.17) is 5.73 Å². The predicted molar refractivity (Wildman–Crippen MR) is 87.2 cm³/mol. The maximum Gasteiger partial charge on any atom is 0.228 e. The number of hydrogen-bond acceptors (Lipinski definition) is 2. The summed E-state index contributed by atoms with van der Waals surface area (Å²) in [6.07, 6.45) is 2.51. The molecule has 0 aliphatic rings. The topological polar surface area (TPSA) is 55.1 Å². The van der Waals surface area contributed by atoms with Crippen LogP contribution in [0.1, 0.15) is 51.5 Å². The summed E-state index contributed by atoms with van der Waals surface area (Å²) < 4.78 is 0. The van der Waals surface area contributed by atoms with Gasteiger partial charge in [0.15, 0.2) is 0 Å². The third-order valence-electron chi connectivity index (χ3n) is 4.06. The second-order valence-corrected chi connectivity index (χ2v) is 5.05. The van der Waals surface area contributed by atoms with E-state index in [2.05, 4.69) is 19.2 Å². The van der Waals surface area contributed by atoms with E-state index in [1.807, 2.05) is 37.3 Å². The first-order chi connectivity index (χ1) is 9.12. The van der Waals surface area contributed by atoms with Crippen molar-refractivity contribution in [3.05, 3.63) is 35.9 Å². The average molecular weight is 299 g/mol. The van der Waals surface area contributed by atoms with Crippen LogP contribution in [0.4, 0.5) is 0 Å². The van der Waals surface area contributed by atoms with Crippen LogP contribution in [0.3, 0.4) is 0 Å². The van der Waals surface area contributed by atoms with Crippen molar-refractivity contribution >= 4 is 18.3 Å². The van der Waals surface area contributed by atoms with Crippen molar-refractivity contribution in [2.24, 2.45) is 5.73 Å². The zero-order chi connectivity index (χ0) is 14.3. The van der Waals surface area contributed by atoms with E-state index in [1.54, 1.807) is 0 Å². The Kier molecular flexibility index (Phi) is 8.51. The van der Waals surface area contributed by atoms with Gasteiger partial charge in [-0.15, -0.1) is 12.4 Å². The molecule has 0 bridgehead atoms. The summed E-state index contributed by atoms with van der Waals surface area (Å²) in [5.74, 6) is -0.00641. The monoisotopic (exact) mass is 298 g/mol. The van der Waals surface area contributed by atoms with E-state index >= 15 is 0 Å². The van der Waals surface area contributed by atoms with Crippen LogP contribution in [0, 0.1) is 0 Å². The summed E-state index contributed by atoms with van der Waals surface area (Å²) >= 11 is 0. The second kappa shape index (κ2) is 8.98. The molecule has 1 rings (SSSR count). The first-order valence-corrected chi connectivity index (χ1v) is 7.19. The van der Waals surface area contributed by atoms with Crippen LogP contribution in [0.2, 0.25) is 0 Å². The molecule has 0 saturated carbocycles. The molecule has 0 spiro atoms. The molecule has 114 valence electrons. The molecular formula is C16H27ClN2O. The molecule has 0 aliphatic carbocycles. The largest absolute Gasteiger partial charge is 0.349 e. The Morgan fingerprint density at radius 1 is 1.20 bits per heavy atom. The highest BCUT2D eigenvalue weighted by atomic mass is 35.5. The van der Waals surface area contributed by atoms with Gasteiger partial charge in [0.2, 0.25) is 5.91 Å². The molecule has 0 radical (unpaired) electrons. The number of carbonyl (C=O) groups excluding carboxylic acids is 1. The number of rotatable bonds is 7. The summed E-state index contributed by atoms with van der Waals surface area (Å²) in [7, 11) is 0. The summed E-state index contributed by atoms with van der Waals surface area (Å²) in [6.45, 7) is 6.66. The van der Waals surface area contributed by atoms with Gasteiger partial charge in [-0.25, -0.2) is 0 Å². The summed E-state index contributed by atoms with van der Waals surface area (Å²) in [5, 5.41) is 3.17. The highest BCUT2D eigenvalue weighted by molar-refractivity contribution is 5.85. The van der Waals surface area contributed by atoms with Crippen molar-refractivity contribution in [1.29, 1.82) is 0 Å². The molecule has 4 heteroatoms. The van der Waals surface area contributed by atoms with Gasteiger partial charge in [-0.3, -0.25) is 4.79 Å². The minimum atomic E-state index is -0.265. The van der Waals surface area contributed by atoms with Gasteiger partial charge >= 0.3 is 0 Å². The SMILES string of the molecule is CCC(C(=O)NC(CC)(CC)CN)c1ccccc1.Cl. The zero-order valence-corrected chi connectivity index (χ0v) is 13.5. The Bertz CT molecular complexity index is 382. The average Bonchev–Trinajstić information content (AvgIpc) is 2.47. The third kappa shape index (κ3) is 4.50. The lowest BCUT2D eigenvalue weighted by atomic mass is 9.89. The van der Waals surface area contributed by atoms with Gasteiger partial charge < -0.3 is 11.1 Å². The zero-order valence-electron chi connectivity index (χ0n) is 12.7. The Morgan fingerprint density at radius 3 is 2.15 bits per heavy atom. The lowest BCUT2D eigenvalue weighted by Crippen LogP contribution is -2.54. The molecule has 1 unspecified atom stereocenters. The second-order valence-electron chi connectivity index (χ2n) is 5.05. The quantitative estimate of drug-likeness (QED) is 0.812. The van der Waals surface area contributed by atoms with Crippen molar-refractivity contribution in [3.63, 3.8) is 0 Å². The van der Waals surface area contributed by atoms with E-state index in [0.29, 0.717) is 6.54 Å². The van der Waals surface area contributed by atoms with Crippen LogP contribution in [-0.2, 0) is 4.79 Å². The highest BCUT2D eigenvalue weighted by Crippen LogP contribution is 2.22. The summed E-state index contributed by atoms with van der Waals surface area (Å²) in [4.78, 5) is 12.5. The molecule has 0 aromatic heterocycles. The number of nitrogens with two attached hydrogens (primary N) is 1. The molecule has 1 aromatic carbocycles. The molecule has 3 N–H and O–H groups in total. The maximum absolute atomic E-state index is 12.5. The van der Waals surface area contributed by atoms with Gasteiger partial charge in [-0.05, 0) is 24.8 Å². The predicted octanol–water partition coefficient (Wildman–Crippen LogP) is 3.24. The first-order valence-electron chi connectivity index (χ1n) is 7.19. The van der Waals surface area contributed by atoms with Crippen LogP contribution >= 0.6 is 12.4 Å². The molecule has 20 heavy (non-hydrogen) atoms. The molecule has 0 aliphatic heterocycles. The molecule has 0 heterocycles. The van der Waals surface area contributed by atoms with Crippen molar-refractivity contribution in [2.75, 3.05) is 6.54 Å². The number of halogens is 1. The van der Waals surface area contributed by atoms with Crippen LogP contribution in [-0.4, -0.2) is 18.0 Å². The van der Waals surface area contributed by atoms with Gasteiger partial charge in [-0.2, -0.15) is 0 Å². The van der Waals surface area contributed by atoms with Crippen molar-refractivity contribution in [3.8, 4) is 0 Å². The molecule has 0 saturated heterocycles. The maximum atomic E-state index is 12.5. The van der Waals surface area contributed by atoms with Gasteiger partial charge in [0.1, 0.15) is 0 Å². The molecule has 1 atom stereocenters. The number of hydrogen-bond donors (Lipinski definition) is 2. The third-order valence-corrected chi connectivity index (χ3v) is 4.06. The number of carbonyl (C=O) groups is 1. The van der Waals surface area contributed by atoms with E-state index in [-0.39, 0.29) is 29.8 Å². The Balaban J connectivity index is 0.00000361. The van der Waals surface area contributed by atoms with Gasteiger partial charge in [0.05, 0.1) is 11.5 Å². The standard InChI is InChI=1S/C16H26N2O.ClH/c1-4-14(13-10-8-7-9-11-13)15(19)18-16(5-2,6-3)12-17;/h7-11,14H,4-6,12,17H2,1-3H3,(H,18,19);1H. The van der Waals surface area contributed by atoms with E-state index in [0.717, 1.165) is 24.8 Å². The van der Waals surface area contributed by atoms with Gasteiger partial charge in [0.25, 0.3) is 0 Å². The van der Waals surface area contributed by atoms with Crippen LogP contribution < -0.4 is 11.1 Å². The van der Waals surface area contributed by atoms with Crippen LogP contribution in [0.25, 0.3) is 0 Å². The fourth-order valence-electron chi connectivity index (χ4n) is 2.37. The number of amides is 1. The fourth-order valence-corrected chi connectivity index (χ4v) is 2.37. The van der Waals surface area contributed by atoms with Crippen molar-refractivity contribution in [2.45, 2.75) is 51.5 Å². The van der Waals surface area contributed by atoms with Crippen LogP contribution in [0.5, 0.6) is 0 Å². The van der Waals surface area contributed by atoms with Gasteiger partial charge in [0, 0.05) is 6.54 Å². The Labute approximate surface area is 128 Å². The van der Waals surface area contributed by atoms with E-state index in [1.165, 1.54) is 0 Å². The normalized spacial score (nSPS) is 12.4. The Morgan fingerprint density at radius 2 is 1.75 bits per heavy atom. The molecule has 1 aromatic rings. The first kappa shape index (κ1) is 18.9. The highest BCUT2D eigenvalue weighted by Gasteiger charge is 2.29. The molecule has 0 fully saturated rings. The molecule has 1 amide bonds. The summed E-state index contributed by atoms with van der Waals surface area (Å²) in [6, 6.07) is 9.93. The molecule has 3 nitrogen and oxygen atoms in total. The Hall–Kier alpha value is -1.06. The van der Waals surface area contributed by atoms with Crippen molar-refractivity contribution in [1.82, 2.24) is 5.32 Å². The molecular weight excluding hydrogens is 272 g/mol. The van der Waals surface area contributed by atoms with E-state index in [9.17, 15) is 4.79 Å². The van der Waals surface area contributed by atoms with Crippen molar-refractivity contribution < 1.29 is 4.79 Å².